The maximum Gasteiger partial charge on any atom is 0.160 e. The first-order valence-corrected chi connectivity index (χ1v) is 6.43. The van der Waals surface area contributed by atoms with Crippen LogP contribution in [0.2, 0.25) is 0 Å². The average Bonchev–Trinajstić information content (AvgIpc) is 2.96. The number of nitrogens with zero attached hydrogens (tertiary/aromatic N) is 5. The minimum Gasteiger partial charge on any atom is -0.299 e. The second-order valence-electron chi connectivity index (χ2n) is 4.25. The fourth-order valence-electron chi connectivity index (χ4n) is 2.33. The van der Waals surface area contributed by atoms with Gasteiger partial charge < -0.3 is 0 Å². The predicted molar refractivity (Wildman–Crippen MR) is 69.3 cm³/mol. The smallest absolute Gasteiger partial charge is 0.160 e. The lowest BCUT2D eigenvalue weighted by atomic mass is 10.1. The molecule has 0 unspecified atom stereocenters. The van der Waals surface area contributed by atoms with Crippen LogP contribution in [0.1, 0.15) is 5.69 Å². The highest BCUT2D eigenvalue weighted by Gasteiger charge is 2.23. The summed E-state index contributed by atoms with van der Waals surface area (Å²) in [7, 11) is 0. The molecule has 0 radical (unpaired) electrons. The van der Waals surface area contributed by atoms with Gasteiger partial charge in [-0.25, -0.2) is 19.0 Å². The molecule has 0 N–H and O–H groups in total. The third kappa shape index (κ3) is 1.48. The standard InChI is InChI=1S/C12H7BrFN5/c13-11-10-4-19-12(15-5-17-19)8-3-7(14)1-2-9(8)18(10)6-16-11/h1-3,5-6H,4H2. The van der Waals surface area contributed by atoms with Crippen LogP contribution in [-0.4, -0.2) is 24.3 Å². The fourth-order valence-corrected chi connectivity index (χ4v) is 2.74. The van der Waals surface area contributed by atoms with Crippen LogP contribution in [0.3, 0.4) is 0 Å². The van der Waals surface area contributed by atoms with Gasteiger partial charge in [0.05, 0.1) is 17.9 Å². The Morgan fingerprint density at radius 1 is 1.26 bits per heavy atom. The summed E-state index contributed by atoms with van der Waals surface area (Å²) in [6.45, 7) is 0.534. The Balaban J connectivity index is 2.13. The zero-order valence-electron chi connectivity index (χ0n) is 9.59. The normalized spacial score (nSPS) is 12.5. The van der Waals surface area contributed by atoms with Crippen molar-refractivity contribution in [2.45, 2.75) is 6.54 Å². The number of hydrogen-bond acceptors (Lipinski definition) is 3. The quantitative estimate of drug-likeness (QED) is 0.500. The molecule has 0 saturated heterocycles. The van der Waals surface area contributed by atoms with Crippen LogP contribution in [0, 0.1) is 5.82 Å². The molecule has 0 bridgehead atoms. The van der Waals surface area contributed by atoms with E-state index in [0.29, 0.717) is 17.9 Å². The highest BCUT2D eigenvalue weighted by molar-refractivity contribution is 9.10. The summed E-state index contributed by atoms with van der Waals surface area (Å²) < 4.78 is 17.9. The van der Waals surface area contributed by atoms with Crippen molar-refractivity contribution in [2.24, 2.45) is 0 Å². The first-order chi connectivity index (χ1) is 9.24. The van der Waals surface area contributed by atoms with Crippen LogP contribution in [0.5, 0.6) is 0 Å². The number of rotatable bonds is 0. The Labute approximate surface area is 115 Å². The number of halogens is 2. The van der Waals surface area contributed by atoms with Crippen LogP contribution in [0.4, 0.5) is 4.39 Å². The summed E-state index contributed by atoms with van der Waals surface area (Å²) in [6, 6.07) is 4.63. The maximum atomic E-state index is 13.5. The molecular weight excluding hydrogens is 313 g/mol. The topological polar surface area (TPSA) is 48.5 Å². The molecule has 1 aromatic carbocycles. The Morgan fingerprint density at radius 3 is 3.05 bits per heavy atom. The van der Waals surface area contributed by atoms with Gasteiger partial charge in [-0.1, -0.05) is 0 Å². The third-order valence-electron chi connectivity index (χ3n) is 3.19. The van der Waals surface area contributed by atoms with Gasteiger partial charge in [-0.3, -0.25) is 4.57 Å². The summed E-state index contributed by atoms with van der Waals surface area (Å²) in [5.41, 5.74) is 2.51. The van der Waals surface area contributed by atoms with Gasteiger partial charge in [0.15, 0.2) is 5.82 Å². The molecule has 19 heavy (non-hydrogen) atoms. The number of aromatic nitrogens is 5. The largest absolute Gasteiger partial charge is 0.299 e. The Kier molecular flexibility index (Phi) is 2.14. The van der Waals surface area contributed by atoms with Crippen LogP contribution in [-0.2, 0) is 6.54 Å². The summed E-state index contributed by atoms with van der Waals surface area (Å²) in [6.07, 6.45) is 3.19. The van der Waals surface area contributed by atoms with Crippen LogP contribution in [0.25, 0.3) is 17.1 Å². The lowest BCUT2D eigenvalue weighted by Gasteiger charge is -2.07. The fraction of sp³-hybridized carbons (Fsp3) is 0.0833. The van der Waals surface area contributed by atoms with Crippen molar-refractivity contribution in [3.63, 3.8) is 0 Å². The molecule has 4 rings (SSSR count). The summed E-state index contributed by atoms with van der Waals surface area (Å²) >= 11 is 3.43. The van der Waals surface area contributed by atoms with Crippen LogP contribution in [0.15, 0.2) is 35.5 Å². The Bertz CT molecular complexity index is 791. The summed E-state index contributed by atoms with van der Waals surface area (Å²) in [5, 5.41) is 4.19. The first-order valence-electron chi connectivity index (χ1n) is 5.64. The predicted octanol–water partition coefficient (Wildman–Crippen LogP) is 2.39. The van der Waals surface area contributed by atoms with E-state index in [-0.39, 0.29) is 5.82 Å². The second-order valence-corrected chi connectivity index (χ2v) is 5.01. The molecule has 3 aromatic rings. The minimum absolute atomic E-state index is 0.295. The zero-order chi connectivity index (χ0) is 13.0. The van der Waals surface area contributed by atoms with E-state index in [0.717, 1.165) is 16.0 Å². The van der Waals surface area contributed by atoms with Gasteiger partial charge in [-0.2, -0.15) is 5.10 Å². The van der Waals surface area contributed by atoms with E-state index in [2.05, 4.69) is 31.0 Å². The van der Waals surface area contributed by atoms with E-state index in [1.807, 2.05) is 4.57 Å². The van der Waals surface area contributed by atoms with E-state index in [9.17, 15) is 4.39 Å². The van der Waals surface area contributed by atoms with Crippen LogP contribution < -0.4 is 0 Å². The number of imidazole rings is 1. The molecule has 0 aliphatic carbocycles. The van der Waals surface area contributed by atoms with Crippen molar-refractivity contribution >= 4 is 15.9 Å². The van der Waals surface area contributed by atoms with Crippen molar-refractivity contribution in [1.82, 2.24) is 24.3 Å². The van der Waals surface area contributed by atoms with E-state index in [1.165, 1.54) is 18.5 Å². The lowest BCUT2D eigenvalue weighted by molar-refractivity contribution is 0.627. The number of fused-ring (bicyclic) bond motifs is 5. The Hall–Kier alpha value is -2.02. The average molecular weight is 320 g/mol. The molecule has 0 saturated carbocycles. The van der Waals surface area contributed by atoms with Gasteiger partial charge in [-0.05, 0) is 34.1 Å². The molecule has 0 spiro atoms. The van der Waals surface area contributed by atoms with Gasteiger partial charge in [-0.15, -0.1) is 0 Å². The minimum atomic E-state index is -0.295. The van der Waals surface area contributed by atoms with Crippen molar-refractivity contribution in [1.29, 1.82) is 0 Å². The monoisotopic (exact) mass is 319 g/mol. The highest BCUT2D eigenvalue weighted by atomic mass is 79.9. The van der Waals surface area contributed by atoms with E-state index in [4.69, 9.17) is 0 Å². The molecule has 0 amide bonds. The zero-order valence-corrected chi connectivity index (χ0v) is 11.2. The van der Waals surface area contributed by atoms with E-state index in [1.54, 1.807) is 17.1 Å². The number of benzene rings is 1. The van der Waals surface area contributed by atoms with Crippen molar-refractivity contribution < 1.29 is 4.39 Å². The molecule has 94 valence electrons. The SMILES string of the molecule is Fc1ccc2c(c1)-c1ncnn1Cc1c(Br)ncn1-2. The molecular formula is C12H7BrFN5. The second kappa shape index (κ2) is 3.74. The van der Waals surface area contributed by atoms with Crippen molar-refractivity contribution in [2.75, 3.05) is 0 Å². The van der Waals surface area contributed by atoms with E-state index >= 15 is 0 Å². The van der Waals surface area contributed by atoms with Gasteiger partial charge >= 0.3 is 0 Å². The summed E-state index contributed by atoms with van der Waals surface area (Å²) in [5.74, 6) is 0.362. The molecule has 1 aliphatic rings. The Morgan fingerprint density at radius 2 is 2.16 bits per heavy atom. The van der Waals surface area contributed by atoms with Gasteiger partial charge in [0.1, 0.15) is 23.1 Å². The van der Waals surface area contributed by atoms with Crippen LogP contribution >= 0.6 is 15.9 Å². The third-order valence-corrected chi connectivity index (χ3v) is 3.85. The molecule has 0 atom stereocenters. The van der Waals surface area contributed by atoms with Crippen molar-refractivity contribution in [3.05, 3.63) is 47.0 Å². The maximum absolute atomic E-state index is 13.5. The molecule has 5 nitrogen and oxygen atoms in total. The molecule has 0 fully saturated rings. The highest BCUT2D eigenvalue weighted by Crippen LogP contribution is 2.32. The van der Waals surface area contributed by atoms with Crippen molar-refractivity contribution in [3.8, 4) is 17.1 Å². The van der Waals surface area contributed by atoms with Gasteiger partial charge in [0.25, 0.3) is 0 Å². The molecule has 1 aliphatic heterocycles. The van der Waals surface area contributed by atoms with Gasteiger partial charge in [0.2, 0.25) is 0 Å². The molecule has 3 heterocycles. The molecule has 7 heteroatoms. The lowest BCUT2D eigenvalue weighted by Crippen LogP contribution is -2.04. The summed E-state index contributed by atoms with van der Waals surface area (Å²) in [4.78, 5) is 8.47. The number of hydrogen-bond donors (Lipinski definition) is 0. The van der Waals surface area contributed by atoms with Gasteiger partial charge in [0, 0.05) is 5.56 Å². The first kappa shape index (κ1) is 10.9. The molecule has 2 aromatic heterocycles. The van der Waals surface area contributed by atoms with E-state index < -0.39 is 0 Å².